The molecule has 0 saturated heterocycles. The van der Waals surface area contributed by atoms with Gasteiger partial charge < -0.3 is 35.9 Å². The lowest BCUT2D eigenvalue weighted by Gasteiger charge is -2.16. The van der Waals surface area contributed by atoms with Crippen LogP contribution in [-0.2, 0) is 13.1 Å². The summed E-state index contributed by atoms with van der Waals surface area (Å²) in [7, 11) is 3.20. The van der Waals surface area contributed by atoms with Crippen LogP contribution in [0.4, 0.5) is 33.2 Å². The Hall–Kier alpha value is -5.24. The molecular weight excluding hydrogens is 513 g/mol. The average Bonchev–Trinajstić information content (AvgIpc) is 2.97. The summed E-state index contributed by atoms with van der Waals surface area (Å²) < 4.78 is 30.2. The topological polar surface area (TPSA) is 139 Å². The van der Waals surface area contributed by atoms with Gasteiger partial charge in [0.15, 0.2) is 5.82 Å². The van der Waals surface area contributed by atoms with Crippen molar-refractivity contribution >= 4 is 28.8 Å². The zero-order chi connectivity index (χ0) is 28.5. The molecule has 1 heterocycles. The van der Waals surface area contributed by atoms with Gasteiger partial charge in [-0.05, 0) is 55.5 Å². The van der Waals surface area contributed by atoms with Crippen molar-refractivity contribution in [2.45, 2.75) is 20.0 Å². The smallest absolute Gasteiger partial charge is 0.229 e. The number of nitrogens with zero attached hydrogens (tertiary/aromatic N) is 3. The Balaban J connectivity index is 1.54. The summed E-state index contributed by atoms with van der Waals surface area (Å²) in [5, 5.41) is 19.1. The first kappa shape index (κ1) is 27.8. The summed E-state index contributed by atoms with van der Waals surface area (Å²) >= 11 is 0. The normalized spacial score (nSPS) is 10.4. The van der Waals surface area contributed by atoms with E-state index < -0.39 is 0 Å². The van der Waals surface area contributed by atoms with Crippen molar-refractivity contribution in [1.82, 2.24) is 9.97 Å². The monoisotopic (exact) mass is 543 g/mol. The Kier molecular flexibility index (Phi) is 9.04. The Morgan fingerprint density at radius 3 is 2.50 bits per heavy atom. The number of aromatic nitrogens is 2. The van der Waals surface area contributed by atoms with Crippen LogP contribution in [0.1, 0.15) is 23.6 Å². The van der Waals surface area contributed by atoms with E-state index in [9.17, 15) is 9.65 Å². The van der Waals surface area contributed by atoms with Crippen molar-refractivity contribution in [2.24, 2.45) is 0 Å². The van der Waals surface area contributed by atoms with Crippen molar-refractivity contribution in [1.29, 1.82) is 5.26 Å². The minimum atomic E-state index is -0.372. The van der Waals surface area contributed by atoms with E-state index in [4.69, 9.17) is 19.9 Å². The highest BCUT2D eigenvalue weighted by molar-refractivity contribution is 5.75. The molecule has 0 unspecified atom stereocenters. The second-order valence-electron chi connectivity index (χ2n) is 8.56. The molecule has 10 nitrogen and oxygen atoms in total. The number of nitrogens with two attached hydrogens (primary N) is 1. The van der Waals surface area contributed by atoms with E-state index in [1.807, 2.05) is 25.1 Å². The van der Waals surface area contributed by atoms with Crippen LogP contribution >= 0.6 is 0 Å². The summed E-state index contributed by atoms with van der Waals surface area (Å²) in [5.41, 5.74) is 9.73. The largest absolute Gasteiger partial charge is 0.497 e. The molecule has 0 bridgehead atoms. The fourth-order valence-electron chi connectivity index (χ4n) is 3.93. The number of hydrogen-bond donors (Lipinski definition) is 4. The highest BCUT2D eigenvalue weighted by Crippen LogP contribution is 2.30. The lowest BCUT2D eigenvalue weighted by atomic mass is 10.1. The average molecular weight is 544 g/mol. The molecule has 0 aliphatic heterocycles. The number of rotatable bonds is 12. The summed E-state index contributed by atoms with van der Waals surface area (Å²) in [6.07, 6.45) is 1.47. The Morgan fingerprint density at radius 1 is 0.925 bits per heavy atom. The number of halogens is 1. The molecule has 0 amide bonds. The number of nitriles is 1. The lowest BCUT2D eigenvalue weighted by Crippen LogP contribution is -2.10. The molecule has 11 heteroatoms. The minimum Gasteiger partial charge on any atom is -0.497 e. The van der Waals surface area contributed by atoms with E-state index in [1.165, 1.54) is 18.3 Å². The maximum Gasteiger partial charge on any atom is 0.229 e. The van der Waals surface area contributed by atoms with E-state index in [0.29, 0.717) is 64.4 Å². The number of nitrogen functional groups attached to an aromatic ring is 1. The molecule has 0 atom stereocenters. The third kappa shape index (κ3) is 6.79. The maximum atomic E-state index is 13.9. The molecule has 5 N–H and O–H groups in total. The van der Waals surface area contributed by atoms with E-state index in [1.54, 1.807) is 38.5 Å². The minimum absolute atomic E-state index is 0.230. The molecule has 40 heavy (non-hydrogen) atoms. The summed E-state index contributed by atoms with van der Waals surface area (Å²) in [6.45, 7) is 2.98. The highest BCUT2D eigenvalue weighted by atomic mass is 19.1. The molecule has 3 aromatic carbocycles. The maximum absolute atomic E-state index is 13.9. The molecule has 0 fully saturated rings. The fourth-order valence-corrected chi connectivity index (χ4v) is 3.93. The standard InChI is InChI=1S/C29H30FN7O3/c1-4-40-26-10-7-21(30)12-20(26)16-34-28-23(32)17-35-29(37-28)36-25-11-18(14-31)5-9-24(25)33-15-19-6-8-22(38-2)13-27(19)39-3/h5-13,17,33H,4,15-16,32H2,1-3H3,(H2,34,35,36,37). The van der Waals surface area contributed by atoms with Crippen molar-refractivity contribution < 1.29 is 18.6 Å². The SMILES string of the molecule is CCOc1ccc(F)cc1CNc1nc(Nc2cc(C#N)ccc2NCc2ccc(OC)cc2OC)ncc1N. The highest BCUT2D eigenvalue weighted by Gasteiger charge is 2.12. The van der Waals surface area contributed by atoms with Gasteiger partial charge in [0.2, 0.25) is 5.95 Å². The molecular formula is C29H30FN7O3. The molecule has 0 spiro atoms. The molecule has 0 aliphatic carbocycles. The first-order valence-corrected chi connectivity index (χ1v) is 12.5. The van der Waals surface area contributed by atoms with Crippen LogP contribution in [0, 0.1) is 17.1 Å². The van der Waals surface area contributed by atoms with E-state index in [0.717, 1.165) is 5.56 Å². The molecule has 0 aliphatic rings. The van der Waals surface area contributed by atoms with Gasteiger partial charge in [-0.25, -0.2) is 9.37 Å². The van der Waals surface area contributed by atoms with Gasteiger partial charge in [0.1, 0.15) is 23.1 Å². The predicted octanol–water partition coefficient (Wildman–Crippen LogP) is 5.45. The number of hydrogen-bond acceptors (Lipinski definition) is 10. The van der Waals surface area contributed by atoms with Crippen LogP contribution in [0.2, 0.25) is 0 Å². The van der Waals surface area contributed by atoms with Gasteiger partial charge in [-0.1, -0.05) is 0 Å². The quantitative estimate of drug-likeness (QED) is 0.182. The van der Waals surface area contributed by atoms with Crippen LogP contribution in [0.5, 0.6) is 17.2 Å². The van der Waals surface area contributed by atoms with Crippen LogP contribution in [-0.4, -0.2) is 30.8 Å². The molecule has 0 radical (unpaired) electrons. The predicted molar refractivity (Wildman–Crippen MR) is 153 cm³/mol. The first-order valence-electron chi connectivity index (χ1n) is 12.5. The summed E-state index contributed by atoms with van der Waals surface area (Å²) in [5.74, 6) is 2.18. The Bertz CT molecular complexity index is 1520. The number of methoxy groups -OCH3 is 2. The Morgan fingerprint density at radius 2 is 1.75 bits per heavy atom. The third-order valence-corrected chi connectivity index (χ3v) is 5.94. The van der Waals surface area contributed by atoms with Crippen molar-refractivity contribution in [2.75, 3.05) is 42.5 Å². The number of benzene rings is 3. The molecule has 0 saturated carbocycles. The molecule has 206 valence electrons. The number of nitrogens with one attached hydrogen (secondary N) is 3. The van der Waals surface area contributed by atoms with Gasteiger partial charge in [0.05, 0.1) is 55.7 Å². The Labute approximate surface area is 231 Å². The van der Waals surface area contributed by atoms with Gasteiger partial charge in [-0.3, -0.25) is 0 Å². The van der Waals surface area contributed by atoms with Gasteiger partial charge >= 0.3 is 0 Å². The first-order chi connectivity index (χ1) is 19.4. The molecule has 4 aromatic rings. The van der Waals surface area contributed by atoms with E-state index in [2.05, 4.69) is 32.0 Å². The van der Waals surface area contributed by atoms with Crippen LogP contribution < -0.4 is 35.9 Å². The zero-order valence-corrected chi connectivity index (χ0v) is 22.4. The second kappa shape index (κ2) is 13.0. The van der Waals surface area contributed by atoms with Gasteiger partial charge in [-0.2, -0.15) is 10.2 Å². The van der Waals surface area contributed by atoms with Crippen LogP contribution in [0.25, 0.3) is 0 Å². The van der Waals surface area contributed by atoms with Gasteiger partial charge in [-0.15, -0.1) is 0 Å². The van der Waals surface area contributed by atoms with Crippen molar-refractivity contribution in [3.05, 3.63) is 83.3 Å². The summed E-state index contributed by atoms with van der Waals surface area (Å²) in [4.78, 5) is 8.80. The van der Waals surface area contributed by atoms with Crippen LogP contribution in [0.15, 0.2) is 60.8 Å². The molecule has 1 aromatic heterocycles. The fraction of sp³-hybridized carbons (Fsp3) is 0.207. The van der Waals surface area contributed by atoms with Gasteiger partial charge in [0, 0.05) is 30.3 Å². The lowest BCUT2D eigenvalue weighted by molar-refractivity contribution is 0.336. The van der Waals surface area contributed by atoms with Gasteiger partial charge in [0.25, 0.3) is 0 Å². The second-order valence-corrected chi connectivity index (χ2v) is 8.56. The third-order valence-electron chi connectivity index (χ3n) is 5.94. The van der Waals surface area contributed by atoms with Crippen molar-refractivity contribution in [3.8, 4) is 23.3 Å². The van der Waals surface area contributed by atoms with Crippen LogP contribution in [0.3, 0.4) is 0 Å². The van der Waals surface area contributed by atoms with E-state index >= 15 is 0 Å². The number of anilines is 5. The number of ether oxygens (including phenoxy) is 3. The summed E-state index contributed by atoms with van der Waals surface area (Å²) in [6, 6.07) is 17.3. The molecule has 4 rings (SSSR count). The van der Waals surface area contributed by atoms with Crippen molar-refractivity contribution in [3.63, 3.8) is 0 Å². The van der Waals surface area contributed by atoms with E-state index in [-0.39, 0.29) is 18.3 Å². The zero-order valence-electron chi connectivity index (χ0n) is 22.4.